The third-order valence-electron chi connectivity index (χ3n) is 4.44. The number of hydrogen-bond acceptors (Lipinski definition) is 6. The summed E-state index contributed by atoms with van der Waals surface area (Å²) in [5.74, 6) is 0.688. The number of hydrazine groups is 1. The Balaban J connectivity index is 1.39. The summed E-state index contributed by atoms with van der Waals surface area (Å²) in [6.07, 6.45) is 2.24. The molecule has 0 saturated heterocycles. The molecule has 0 spiro atoms. The van der Waals surface area contributed by atoms with Crippen molar-refractivity contribution in [2.75, 3.05) is 5.01 Å². The number of pyridine rings is 1. The van der Waals surface area contributed by atoms with E-state index in [0.29, 0.717) is 30.4 Å². The number of benzene rings is 2. The minimum Gasteiger partial charge on any atom is -0.339 e. The van der Waals surface area contributed by atoms with E-state index < -0.39 is 0 Å². The Labute approximate surface area is 174 Å². The van der Waals surface area contributed by atoms with Crippen LogP contribution in [0.5, 0.6) is 0 Å². The monoisotopic (exact) mass is 399 g/mol. The minimum atomic E-state index is -0.132. The fourth-order valence-corrected chi connectivity index (χ4v) is 2.95. The first-order valence-electron chi connectivity index (χ1n) is 9.68. The van der Waals surface area contributed by atoms with E-state index in [1.165, 1.54) is 0 Å². The molecule has 7 nitrogen and oxygen atoms in total. The van der Waals surface area contributed by atoms with Crippen molar-refractivity contribution >= 4 is 11.6 Å². The summed E-state index contributed by atoms with van der Waals surface area (Å²) in [5, 5.41) is 5.78. The van der Waals surface area contributed by atoms with Gasteiger partial charge >= 0.3 is 0 Å². The second-order valence-corrected chi connectivity index (χ2v) is 6.67. The highest BCUT2D eigenvalue weighted by Crippen LogP contribution is 2.16. The van der Waals surface area contributed by atoms with Gasteiger partial charge in [-0.15, -0.1) is 0 Å². The van der Waals surface area contributed by atoms with Crippen LogP contribution in [0.15, 0.2) is 89.6 Å². The summed E-state index contributed by atoms with van der Waals surface area (Å²) in [7, 11) is 0. The number of carbonyl (C=O) groups excluding carboxylic acids is 1. The van der Waals surface area contributed by atoms with Crippen LogP contribution in [0.2, 0.25) is 0 Å². The van der Waals surface area contributed by atoms with E-state index in [1.807, 2.05) is 83.9 Å². The van der Waals surface area contributed by atoms with Gasteiger partial charge in [-0.2, -0.15) is 4.98 Å². The predicted molar refractivity (Wildman–Crippen MR) is 113 cm³/mol. The average Bonchev–Trinajstić information content (AvgIpc) is 3.28. The zero-order chi connectivity index (χ0) is 20.6. The molecule has 4 rings (SSSR count). The first kappa shape index (κ1) is 19.3. The van der Waals surface area contributed by atoms with Crippen LogP contribution in [-0.2, 0) is 17.8 Å². The third kappa shape index (κ3) is 5.08. The normalized spacial score (nSPS) is 10.5. The van der Waals surface area contributed by atoms with Crippen molar-refractivity contribution < 1.29 is 9.32 Å². The molecule has 30 heavy (non-hydrogen) atoms. The molecule has 0 unspecified atom stereocenters. The van der Waals surface area contributed by atoms with Crippen LogP contribution < -0.4 is 10.4 Å². The number of aromatic nitrogens is 3. The molecule has 0 aliphatic rings. The predicted octanol–water partition coefficient (Wildman–Crippen LogP) is 3.80. The Morgan fingerprint density at radius 2 is 1.67 bits per heavy atom. The maximum absolute atomic E-state index is 12.6. The fourth-order valence-electron chi connectivity index (χ4n) is 2.95. The van der Waals surface area contributed by atoms with E-state index in [9.17, 15) is 4.79 Å². The number of carbonyl (C=O) groups is 1. The largest absolute Gasteiger partial charge is 0.339 e. The molecule has 0 saturated carbocycles. The zero-order valence-electron chi connectivity index (χ0n) is 16.3. The molecule has 0 bridgehead atoms. The van der Waals surface area contributed by atoms with Crippen molar-refractivity contribution in [3.05, 3.63) is 96.5 Å². The Morgan fingerprint density at radius 1 is 0.933 bits per heavy atom. The van der Waals surface area contributed by atoms with Crippen molar-refractivity contribution in [1.82, 2.24) is 20.6 Å². The van der Waals surface area contributed by atoms with Crippen molar-refractivity contribution in [2.45, 2.75) is 19.4 Å². The lowest BCUT2D eigenvalue weighted by molar-refractivity contribution is -0.121. The van der Waals surface area contributed by atoms with Crippen LogP contribution in [-0.4, -0.2) is 21.0 Å². The van der Waals surface area contributed by atoms with E-state index in [-0.39, 0.29) is 12.3 Å². The molecular weight excluding hydrogens is 378 g/mol. The molecule has 1 N–H and O–H groups in total. The average molecular weight is 399 g/mol. The van der Waals surface area contributed by atoms with Crippen molar-refractivity contribution in [3.8, 4) is 11.5 Å². The number of rotatable bonds is 8. The number of amides is 1. The quantitative estimate of drug-likeness (QED) is 0.454. The second kappa shape index (κ2) is 9.47. The number of aryl methyl sites for hydroxylation is 1. The molecular formula is C23H21N5O2. The maximum atomic E-state index is 12.6. The van der Waals surface area contributed by atoms with Gasteiger partial charge in [0.2, 0.25) is 17.6 Å². The van der Waals surface area contributed by atoms with Gasteiger partial charge < -0.3 is 4.52 Å². The lowest BCUT2D eigenvalue weighted by Gasteiger charge is -2.25. The molecule has 0 aliphatic carbocycles. The molecule has 4 aromatic rings. The molecule has 1 amide bonds. The highest BCUT2D eigenvalue weighted by atomic mass is 16.5. The molecule has 0 fully saturated rings. The number of anilines is 1. The molecule has 0 radical (unpaired) electrons. The lowest BCUT2D eigenvalue weighted by Crippen LogP contribution is -2.42. The van der Waals surface area contributed by atoms with Gasteiger partial charge in [-0.05, 0) is 29.8 Å². The van der Waals surface area contributed by atoms with Gasteiger partial charge in [-0.3, -0.25) is 20.2 Å². The molecule has 0 aliphatic heterocycles. The van der Waals surface area contributed by atoms with Crippen molar-refractivity contribution in [3.63, 3.8) is 0 Å². The van der Waals surface area contributed by atoms with Gasteiger partial charge in [0.25, 0.3) is 0 Å². The first-order chi connectivity index (χ1) is 14.8. The Kier molecular flexibility index (Phi) is 6.10. The van der Waals surface area contributed by atoms with Crippen LogP contribution >= 0.6 is 0 Å². The van der Waals surface area contributed by atoms with Gasteiger partial charge in [0.15, 0.2) is 0 Å². The number of hydrogen-bond donors (Lipinski definition) is 1. The minimum absolute atomic E-state index is 0.132. The van der Waals surface area contributed by atoms with E-state index in [2.05, 4.69) is 20.6 Å². The Morgan fingerprint density at radius 3 is 2.40 bits per heavy atom. The molecule has 0 atom stereocenters. The molecule has 2 aromatic heterocycles. The number of nitrogens with one attached hydrogen (secondary N) is 1. The summed E-state index contributed by atoms with van der Waals surface area (Å²) in [6, 6.07) is 25.2. The molecule has 150 valence electrons. The fraction of sp³-hybridized carbons (Fsp3) is 0.130. The van der Waals surface area contributed by atoms with Crippen molar-refractivity contribution in [1.29, 1.82) is 0 Å². The highest BCUT2D eigenvalue weighted by molar-refractivity contribution is 5.78. The summed E-state index contributed by atoms with van der Waals surface area (Å²) in [5.41, 5.74) is 5.62. The van der Waals surface area contributed by atoms with Crippen molar-refractivity contribution in [2.24, 2.45) is 0 Å². The molecule has 2 aromatic carbocycles. The molecule has 2 heterocycles. The Hall–Kier alpha value is -4.00. The number of para-hydroxylation sites is 1. The smallest absolute Gasteiger partial charge is 0.239 e. The zero-order valence-corrected chi connectivity index (χ0v) is 16.3. The first-order valence-corrected chi connectivity index (χ1v) is 9.68. The maximum Gasteiger partial charge on any atom is 0.239 e. The van der Waals surface area contributed by atoms with E-state index in [4.69, 9.17) is 4.52 Å². The van der Waals surface area contributed by atoms with Gasteiger partial charge in [0.1, 0.15) is 5.69 Å². The van der Waals surface area contributed by atoms with Gasteiger partial charge in [0.05, 0.1) is 12.2 Å². The second-order valence-electron chi connectivity index (χ2n) is 6.67. The summed E-state index contributed by atoms with van der Waals surface area (Å²) in [4.78, 5) is 21.1. The van der Waals surface area contributed by atoms with E-state index >= 15 is 0 Å². The summed E-state index contributed by atoms with van der Waals surface area (Å²) < 4.78 is 5.26. The summed E-state index contributed by atoms with van der Waals surface area (Å²) >= 11 is 0. The van der Waals surface area contributed by atoms with Crippen LogP contribution in [0.3, 0.4) is 0 Å². The molecule has 7 heteroatoms. The Bertz CT molecular complexity index is 1070. The SMILES string of the molecule is O=C(CCc1nc(-c2ccccn2)no1)NN(Cc1ccccc1)c1ccccc1. The highest BCUT2D eigenvalue weighted by Gasteiger charge is 2.14. The topological polar surface area (TPSA) is 84.1 Å². The number of nitrogens with zero attached hydrogens (tertiary/aromatic N) is 4. The van der Waals surface area contributed by atoms with Gasteiger partial charge in [-0.1, -0.05) is 59.8 Å². The van der Waals surface area contributed by atoms with E-state index in [0.717, 1.165) is 11.3 Å². The lowest BCUT2D eigenvalue weighted by atomic mass is 10.2. The van der Waals surface area contributed by atoms with Crippen LogP contribution in [0.4, 0.5) is 5.69 Å². The summed E-state index contributed by atoms with van der Waals surface area (Å²) in [6.45, 7) is 0.557. The van der Waals surface area contributed by atoms with Gasteiger partial charge in [-0.25, -0.2) is 0 Å². The van der Waals surface area contributed by atoms with E-state index in [1.54, 1.807) is 6.20 Å². The van der Waals surface area contributed by atoms with Crippen LogP contribution in [0, 0.1) is 0 Å². The third-order valence-corrected chi connectivity index (χ3v) is 4.44. The standard InChI is InChI=1S/C23H21N5O2/c29-21(14-15-22-25-23(27-30-22)20-13-7-8-16-24-20)26-28(19-11-5-2-6-12-19)17-18-9-3-1-4-10-18/h1-13,16H,14-15,17H2,(H,26,29). The van der Waals surface area contributed by atoms with Crippen LogP contribution in [0.25, 0.3) is 11.5 Å². The van der Waals surface area contributed by atoms with Gasteiger partial charge in [0, 0.05) is 19.0 Å². The van der Waals surface area contributed by atoms with Crippen LogP contribution in [0.1, 0.15) is 17.9 Å².